The quantitative estimate of drug-likeness (QED) is 0.781. The van der Waals surface area contributed by atoms with Crippen molar-refractivity contribution in [1.29, 1.82) is 0 Å². The van der Waals surface area contributed by atoms with Crippen LogP contribution in [0.5, 0.6) is 5.75 Å². The maximum Gasteiger partial charge on any atom is 0.231 e. The van der Waals surface area contributed by atoms with Crippen LogP contribution in [-0.4, -0.2) is 13.0 Å². The minimum atomic E-state index is -0.260. The Balaban J connectivity index is 2.11. The minimum Gasteiger partial charge on any atom is -0.495 e. The molecule has 2 aromatic rings. The molecule has 2 rings (SSSR count). The maximum atomic E-state index is 12.5. The Morgan fingerprint density at radius 1 is 1.12 bits per heavy atom. The van der Waals surface area contributed by atoms with Gasteiger partial charge in [-0.25, -0.2) is 0 Å². The molecule has 0 aliphatic heterocycles. The van der Waals surface area contributed by atoms with Crippen LogP contribution in [0, 0.1) is 5.92 Å². The second-order valence-corrected chi connectivity index (χ2v) is 6.51. The number of rotatable bonds is 6. The molecular weight excluding hydrogens is 300 g/mol. The zero-order valence-electron chi connectivity index (χ0n) is 14.8. The second-order valence-electron chi connectivity index (χ2n) is 6.51. The molecule has 4 heteroatoms. The van der Waals surface area contributed by atoms with Crippen molar-refractivity contribution in [1.82, 2.24) is 0 Å². The summed E-state index contributed by atoms with van der Waals surface area (Å²) in [4.78, 5) is 12.5. The number of amides is 1. The lowest BCUT2D eigenvalue weighted by molar-refractivity contribution is -0.117. The summed E-state index contributed by atoms with van der Waals surface area (Å²) in [5, 5.41) is 2.90. The number of nitrogen functional groups attached to an aromatic ring is 1. The Kier molecular flexibility index (Phi) is 5.85. The zero-order chi connectivity index (χ0) is 17.7. The summed E-state index contributed by atoms with van der Waals surface area (Å²) in [5.41, 5.74) is 9.24. The van der Waals surface area contributed by atoms with Crippen molar-refractivity contribution in [3.05, 3.63) is 53.6 Å². The van der Waals surface area contributed by atoms with Gasteiger partial charge in [0.15, 0.2) is 0 Å². The summed E-state index contributed by atoms with van der Waals surface area (Å²) in [5.74, 6) is 0.865. The van der Waals surface area contributed by atoms with Gasteiger partial charge in [-0.3, -0.25) is 4.79 Å². The van der Waals surface area contributed by atoms with Crippen LogP contribution in [0.2, 0.25) is 0 Å². The molecule has 0 fully saturated rings. The predicted octanol–water partition coefficient (Wildman–Crippen LogP) is 4.22. The molecule has 1 atom stereocenters. The Morgan fingerprint density at radius 3 is 2.38 bits per heavy atom. The maximum absolute atomic E-state index is 12.5. The molecule has 0 radical (unpaired) electrons. The Labute approximate surface area is 144 Å². The Hall–Kier alpha value is -2.49. The summed E-state index contributed by atoms with van der Waals surface area (Å²) in [7, 11) is 1.57. The molecule has 128 valence electrons. The number of hydrogen-bond donors (Lipinski definition) is 2. The number of anilines is 2. The van der Waals surface area contributed by atoms with Crippen LogP contribution in [0.3, 0.4) is 0 Å². The standard InChI is InChI=1S/C20H26N2O2/c1-13(2)11-15-5-7-16(8-6-15)14(3)20(23)22-18-12-17(21)9-10-19(18)24-4/h5-10,12-14H,11,21H2,1-4H3,(H,22,23). The molecular formula is C20H26N2O2. The Morgan fingerprint density at radius 2 is 1.79 bits per heavy atom. The van der Waals surface area contributed by atoms with Crippen molar-refractivity contribution < 1.29 is 9.53 Å². The zero-order valence-corrected chi connectivity index (χ0v) is 14.8. The Bertz CT molecular complexity index is 693. The lowest BCUT2D eigenvalue weighted by Crippen LogP contribution is -2.19. The van der Waals surface area contributed by atoms with Crippen molar-refractivity contribution in [3.8, 4) is 5.75 Å². The van der Waals surface area contributed by atoms with Crippen molar-refractivity contribution in [2.24, 2.45) is 5.92 Å². The van der Waals surface area contributed by atoms with Gasteiger partial charge in [0.25, 0.3) is 0 Å². The van der Waals surface area contributed by atoms with Gasteiger partial charge in [-0.2, -0.15) is 0 Å². The van der Waals surface area contributed by atoms with Gasteiger partial charge in [-0.05, 0) is 48.6 Å². The molecule has 0 aromatic heterocycles. The molecule has 0 aliphatic carbocycles. The van der Waals surface area contributed by atoms with Crippen LogP contribution < -0.4 is 15.8 Å². The third kappa shape index (κ3) is 4.51. The largest absolute Gasteiger partial charge is 0.495 e. The molecule has 0 bridgehead atoms. The van der Waals surface area contributed by atoms with E-state index in [0.29, 0.717) is 23.0 Å². The lowest BCUT2D eigenvalue weighted by Gasteiger charge is -2.16. The summed E-state index contributed by atoms with van der Waals surface area (Å²) in [6, 6.07) is 13.4. The normalized spacial score (nSPS) is 12.0. The smallest absolute Gasteiger partial charge is 0.231 e. The van der Waals surface area contributed by atoms with Crippen LogP contribution in [0.15, 0.2) is 42.5 Å². The molecule has 1 unspecified atom stereocenters. The first-order valence-corrected chi connectivity index (χ1v) is 8.24. The van der Waals surface area contributed by atoms with E-state index in [9.17, 15) is 4.79 Å². The van der Waals surface area contributed by atoms with Crippen LogP contribution in [-0.2, 0) is 11.2 Å². The van der Waals surface area contributed by atoms with Crippen molar-refractivity contribution in [2.45, 2.75) is 33.1 Å². The molecule has 0 aliphatic rings. The van der Waals surface area contributed by atoms with E-state index >= 15 is 0 Å². The van der Waals surface area contributed by atoms with E-state index < -0.39 is 0 Å². The molecule has 0 heterocycles. The lowest BCUT2D eigenvalue weighted by atomic mass is 9.96. The summed E-state index contributed by atoms with van der Waals surface area (Å²) < 4.78 is 5.27. The molecule has 0 spiro atoms. The van der Waals surface area contributed by atoms with Crippen molar-refractivity contribution >= 4 is 17.3 Å². The minimum absolute atomic E-state index is 0.0875. The first kappa shape index (κ1) is 17.9. The molecule has 24 heavy (non-hydrogen) atoms. The van der Waals surface area contributed by atoms with E-state index in [4.69, 9.17) is 10.5 Å². The van der Waals surface area contributed by atoms with E-state index in [2.05, 4.69) is 31.3 Å². The van der Waals surface area contributed by atoms with Gasteiger partial charge >= 0.3 is 0 Å². The van der Waals surface area contributed by atoms with Gasteiger partial charge in [-0.1, -0.05) is 38.1 Å². The summed E-state index contributed by atoms with van der Waals surface area (Å²) in [6.07, 6.45) is 1.04. The fourth-order valence-electron chi connectivity index (χ4n) is 2.63. The number of nitrogens with one attached hydrogen (secondary N) is 1. The highest BCUT2D eigenvalue weighted by atomic mass is 16.5. The number of benzene rings is 2. The molecule has 2 aromatic carbocycles. The average Bonchev–Trinajstić information content (AvgIpc) is 2.54. The van der Waals surface area contributed by atoms with E-state index in [1.165, 1.54) is 5.56 Å². The van der Waals surface area contributed by atoms with Gasteiger partial charge in [0.05, 0.1) is 18.7 Å². The number of carbonyl (C=O) groups is 1. The second kappa shape index (κ2) is 7.86. The van der Waals surface area contributed by atoms with Gasteiger partial charge in [0.2, 0.25) is 5.91 Å². The number of ether oxygens (including phenoxy) is 1. The number of nitrogens with two attached hydrogens (primary N) is 1. The molecule has 0 saturated carbocycles. The van der Waals surface area contributed by atoms with Crippen LogP contribution in [0.25, 0.3) is 0 Å². The van der Waals surface area contributed by atoms with E-state index in [0.717, 1.165) is 12.0 Å². The third-order valence-corrected chi connectivity index (χ3v) is 4.00. The fraction of sp³-hybridized carbons (Fsp3) is 0.350. The van der Waals surface area contributed by atoms with E-state index in [1.54, 1.807) is 25.3 Å². The molecule has 4 nitrogen and oxygen atoms in total. The van der Waals surface area contributed by atoms with Crippen LogP contribution >= 0.6 is 0 Å². The van der Waals surface area contributed by atoms with Gasteiger partial charge < -0.3 is 15.8 Å². The highest BCUT2D eigenvalue weighted by Crippen LogP contribution is 2.28. The molecule has 3 N–H and O–H groups in total. The summed E-state index contributed by atoms with van der Waals surface area (Å²) >= 11 is 0. The third-order valence-electron chi connectivity index (χ3n) is 4.00. The predicted molar refractivity (Wildman–Crippen MR) is 99.4 cm³/mol. The fourth-order valence-corrected chi connectivity index (χ4v) is 2.63. The average molecular weight is 326 g/mol. The van der Waals surface area contributed by atoms with Crippen LogP contribution in [0.4, 0.5) is 11.4 Å². The van der Waals surface area contributed by atoms with Crippen molar-refractivity contribution in [3.63, 3.8) is 0 Å². The first-order chi connectivity index (χ1) is 11.4. The SMILES string of the molecule is COc1ccc(N)cc1NC(=O)C(C)c1ccc(CC(C)C)cc1. The summed E-state index contributed by atoms with van der Waals surface area (Å²) in [6.45, 7) is 6.29. The highest BCUT2D eigenvalue weighted by molar-refractivity contribution is 5.97. The van der Waals surface area contributed by atoms with Crippen molar-refractivity contribution in [2.75, 3.05) is 18.2 Å². The number of methoxy groups -OCH3 is 1. The van der Waals surface area contributed by atoms with Gasteiger partial charge in [-0.15, -0.1) is 0 Å². The monoisotopic (exact) mass is 326 g/mol. The van der Waals surface area contributed by atoms with E-state index in [1.807, 2.05) is 19.1 Å². The van der Waals surface area contributed by atoms with Gasteiger partial charge in [0, 0.05) is 5.69 Å². The molecule has 1 amide bonds. The topological polar surface area (TPSA) is 64.3 Å². The molecule has 0 saturated heterocycles. The van der Waals surface area contributed by atoms with Crippen LogP contribution in [0.1, 0.15) is 37.8 Å². The highest BCUT2D eigenvalue weighted by Gasteiger charge is 2.17. The number of carbonyl (C=O) groups excluding carboxylic acids is 1. The first-order valence-electron chi connectivity index (χ1n) is 8.24. The number of hydrogen-bond acceptors (Lipinski definition) is 3. The van der Waals surface area contributed by atoms with Gasteiger partial charge in [0.1, 0.15) is 5.75 Å². The van der Waals surface area contributed by atoms with E-state index in [-0.39, 0.29) is 11.8 Å².